The van der Waals surface area contributed by atoms with Crippen LogP contribution in [0.4, 0.5) is 0 Å². The number of nitriles is 1. The second-order valence-electron chi connectivity index (χ2n) is 4.69. The lowest BCUT2D eigenvalue weighted by Gasteiger charge is -2.15. The molecule has 1 aliphatic carbocycles. The number of hydrogen-bond donors (Lipinski definition) is 1. The van der Waals surface area contributed by atoms with Gasteiger partial charge in [0.1, 0.15) is 11.8 Å². The maximum absolute atomic E-state index is 8.96. The van der Waals surface area contributed by atoms with E-state index in [1.807, 2.05) is 19.1 Å². The Morgan fingerprint density at radius 3 is 2.53 bits per heavy atom. The Balaban J connectivity index is 2.09. The molecule has 0 saturated heterocycles. The largest absolute Gasteiger partial charge is 0.473 e. The Hall–Kier alpha value is -0.570. The van der Waals surface area contributed by atoms with Crippen molar-refractivity contribution in [1.82, 2.24) is 5.32 Å². The van der Waals surface area contributed by atoms with Crippen molar-refractivity contribution in [2.45, 2.75) is 44.9 Å². The van der Waals surface area contributed by atoms with Crippen LogP contribution in [0.5, 0.6) is 5.75 Å². The van der Waals surface area contributed by atoms with Crippen LogP contribution in [0.1, 0.15) is 31.7 Å². The number of nitrogens with zero attached hydrogens (tertiary/aromatic N) is 1. The minimum absolute atomic E-state index is 0.414. The molecule has 1 N–H and O–H groups in total. The fourth-order valence-electron chi connectivity index (χ4n) is 1.72. The molecular weight excluding hydrogens is 372 g/mol. The molecule has 0 aromatic heterocycles. The number of hydrogen-bond acceptors (Lipinski definition) is 3. The van der Waals surface area contributed by atoms with Crippen molar-refractivity contribution in [1.29, 1.82) is 5.26 Å². The lowest BCUT2D eigenvalue weighted by Crippen LogP contribution is -2.16. The van der Waals surface area contributed by atoms with E-state index in [-0.39, 0.29) is 0 Å². The molecule has 1 aliphatic rings. The molecule has 2 rings (SSSR count). The zero-order valence-corrected chi connectivity index (χ0v) is 13.9. The molecule has 19 heavy (non-hydrogen) atoms. The van der Waals surface area contributed by atoms with Gasteiger partial charge >= 0.3 is 0 Å². The molecule has 1 unspecified atom stereocenters. The van der Waals surface area contributed by atoms with E-state index >= 15 is 0 Å². The SMILES string of the molecule is CCC(C#N)Oc1c(Br)cc(CNC2CC2)cc1Br. The zero-order valence-electron chi connectivity index (χ0n) is 10.7. The third kappa shape index (κ3) is 4.20. The smallest absolute Gasteiger partial charge is 0.184 e. The van der Waals surface area contributed by atoms with E-state index in [1.165, 1.54) is 18.4 Å². The van der Waals surface area contributed by atoms with Crippen LogP contribution < -0.4 is 10.1 Å². The fourth-order valence-corrected chi connectivity index (χ4v) is 3.19. The standard InChI is InChI=1S/C14H16Br2N2O/c1-2-11(7-17)19-14-12(15)5-9(6-13(14)16)8-18-10-3-4-10/h5-6,10-11,18H,2-4,8H2,1H3. The molecule has 0 aliphatic heterocycles. The van der Waals surface area contributed by atoms with E-state index in [4.69, 9.17) is 10.00 Å². The van der Waals surface area contributed by atoms with Gasteiger partial charge in [0.15, 0.2) is 6.10 Å². The molecule has 3 nitrogen and oxygen atoms in total. The number of nitrogens with one attached hydrogen (secondary N) is 1. The molecule has 1 fully saturated rings. The Morgan fingerprint density at radius 1 is 1.42 bits per heavy atom. The zero-order chi connectivity index (χ0) is 13.8. The van der Waals surface area contributed by atoms with Gasteiger partial charge in [-0.1, -0.05) is 6.92 Å². The van der Waals surface area contributed by atoms with Crippen LogP contribution in [0.2, 0.25) is 0 Å². The molecule has 1 atom stereocenters. The number of rotatable bonds is 6. The maximum atomic E-state index is 8.96. The van der Waals surface area contributed by atoms with Crippen LogP contribution in [0.3, 0.4) is 0 Å². The molecule has 0 heterocycles. The highest BCUT2D eigenvalue weighted by molar-refractivity contribution is 9.11. The average Bonchev–Trinajstić information content (AvgIpc) is 3.20. The molecule has 0 amide bonds. The minimum Gasteiger partial charge on any atom is -0.473 e. The average molecular weight is 388 g/mol. The third-order valence-electron chi connectivity index (χ3n) is 3.01. The Kier molecular flexibility index (Phi) is 5.26. The summed E-state index contributed by atoms with van der Waals surface area (Å²) >= 11 is 7.03. The second-order valence-corrected chi connectivity index (χ2v) is 6.40. The fraction of sp³-hybridized carbons (Fsp3) is 0.500. The Bertz CT molecular complexity index is 472. The molecule has 5 heteroatoms. The molecule has 1 aromatic carbocycles. The van der Waals surface area contributed by atoms with Crippen molar-refractivity contribution in [3.8, 4) is 11.8 Å². The summed E-state index contributed by atoms with van der Waals surface area (Å²) in [6.45, 7) is 2.79. The van der Waals surface area contributed by atoms with E-state index in [1.54, 1.807) is 0 Å². The van der Waals surface area contributed by atoms with E-state index in [9.17, 15) is 0 Å². The first-order valence-electron chi connectivity index (χ1n) is 6.41. The van der Waals surface area contributed by atoms with Gasteiger partial charge in [0.25, 0.3) is 0 Å². The highest BCUT2D eigenvalue weighted by Gasteiger charge is 2.20. The third-order valence-corrected chi connectivity index (χ3v) is 4.18. The van der Waals surface area contributed by atoms with Gasteiger partial charge < -0.3 is 10.1 Å². The van der Waals surface area contributed by atoms with Crippen molar-refractivity contribution in [2.75, 3.05) is 0 Å². The van der Waals surface area contributed by atoms with Crippen molar-refractivity contribution in [3.63, 3.8) is 0 Å². The highest BCUT2D eigenvalue weighted by atomic mass is 79.9. The molecule has 102 valence electrons. The summed E-state index contributed by atoms with van der Waals surface area (Å²) in [6, 6.07) is 6.92. The van der Waals surface area contributed by atoms with Crippen molar-refractivity contribution >= 4 is 31.9 Å². The summed E-state index contributed by atoms with van der Waals surface area (Å²) in [6.07, 6.45) is 2.82. The van der Waals surface area contributed by atoms with Crippen LogP contribution in [0, 0.1) is 11.3 Å². The second kappa shape index (κ2) is 6.74. The minimum atomic E-state index is -0.414. The van der Waals surface area contributed by atoms with Gasteiger partial charge in [0, 0.05) is 12.6 Å². The van der Waals surface area contributed by atoms with Crippen molar-refractivity contribution in [2.24, 2.45) is 0 Å². The first kappa shape index (κ1) is 14.8. The summed E-state index contributed by atoms with van der Waals surface area (Å²) in [5, 5.41) is 12.4. The molecule has 0 spiro atoms. The van der Waals surface area contributed by atoms with Gasteiger partial charge in [-0.25, -0.2) is 0 Å². The quantitative estimate of drug-likeness (QED) is 0.797. The molecule has 0 bridgehead atoms. The van der Waals surface area contributed by atoms with Gasteiger partial charge in [-0.15, -0.1) is 0 Å². The van der Waals surface area contributed by atoms with Crippen LogP contribution in [0.15, 0.2) is 21.1 Å². The van der Waals surface area contributed by atoms with Crippen LogP contribution in [-0.4, -0.2) is 12.1 Å². The summed E-state index contributed by atoms with van der Waals surface area (Å²) in [5.74, 6) is 0.698. The summed E-state index contributed by atoms with van der Waals surface area (Å²) in [4.78, 5) is 0. The van der Waals surface area contributed by atoms with Crippen molar-refractivity contribution < 1.29 is 4.74 Å². The van der Waals surface area contributed by atoms with E-state index in [2.05, 4.69) is 43.2 Å². The highest BCUT2D eigenvalue weighted by Crippen LogP contribution is 2.36. The molecule has 1 aromatic rings. The van der Waals surface area contributed by atoms with Gasteiger partial charge in [-0.05, 0) is 68.8 Å². The summed E-state index contributed by atoms with van der Waals surface area (Å²) < 4.78 is 7.45. The van der Waals surface area contributed by atoms with Crippen LogP contribution in [0.25, 0.3) is 0 Å². The number of halogens is 2. The summed E-state index contributed by atoms with van der Waals surface area (Å²) in [5.41, 5.74) is 1.20. The van der Waals surface area contributed by atoms with E-state index in [0.717, 1.165) is 15.5 Å². The van der Waals surface area contributed by atoms with E-state index < -0.39 is 6.10 Å². The molecule has 0 radical (unpaired) electrons. The predicted octanol–water partition coefficient (Wildman–Crippen LogP) is 4.14. The van der Waals surface area contributed by atoms with Crippen molar-refractivity contribution in [3.05, 3.63) is 26.6 Å². The van der Waals surface area contributed by atoms with Gasteiger partial charge in [-0.3, -0.25) is 0 Å². The summed E-state index contributed by atoms with van der Waals surface area (Å²) in [7, 11) is 0. The lowest BCUT2D eigenvalue weighted by atomic mass is 10.2. The first-order chi connectivity index (χ1) is 9.13. The molecular formula is C14H16Br2N2O. The Labute approximate surface area is 130 Å². The van der Waals surface area contributed by atoms with E-state index in [0.29, 0.717) is 18.2 Å². The van der Waals surface area contributed by atoms with Gasteiger partial charge in [-0.2, -0.15) is 5.26 Å². The first-order valence-corrected chi connectivity index (χ1v) is 8.00. The molecule has 1 saturated carbocycles. The Morgan fingerprint density at radius 2 is 2.05 bits per heavy atom. The topological polar surface area (TPSA) is 45.0 Å². The van der Waals surface area contributed by atoms with Gasteiger partial charge in [0.05, 0.1) is 8.95 Å². The van der Waals surface area contributed by atoms with Gasteiger partial charge in [0.2, 0.25) is 0 Å². The number of ether oxygens (including phenoxy) is 1. The maximum Gasteiger partial charge on any atom is 0.184 e. The normalized spacial score (nSPS) is 15.9. The van der Waals surface area contributed by atoms with Crippen LogP contribution in [-0.2, 0) is 6.54 Å². The predicted molar refractivity (Wildman–Crippen MR) is 82.0 cm³/mol. The van der Waals surface area contributed by atoms with Crippen LogP contribution >= 0.6 is 31.9 Å². The number of benzene rings is 1. The lowest BCUT2D eigenvalue weighted by molar-refractivity contribution is 0.248. The monoisotopic (exact) mass is 386 g/mol.